The van der Waals surface area contributed by atoms with Gasteiger partial charge in [-0.3, -0.25) is 4.79 Å². The number of carbonyl (C=O) groups excluding carboxylic acids is 1. The number of rotatable bonds is 6. The van der Waals surface area contributed by atoms with Gasteiger partial charge in [-0.2, -0.15) is 0 Å². The average molecular weight is 291 g/mol. The lowest BCUT2D eigenvalue weighted by atomic mass is 10.2. The highest BCUT2D eigenvalue weighted by atomic mass is 19.1. The lowest BCUT2D eigenvalue weighted by Crippen LogP contribution is -2.37. The van der Waals surface area contributed by atoms with Gasteiger partial charge in [-0.25, -0.2) is 9.37 Å². The Bertz CT molecular complexity index is 612. The highest BCUT2D eigenvalue weighted by Crippen LogP contribution is 2.23. The second-order valence-electron chi connectivity index (χ2n) is 4.80. The number of aryl methyl sites for hydroxylation is 1. The number of hydrogen-bond donors (Lipinski definition) is 2. The monoisotopic (exact) mass is 291 g/mol. The molecule has 0 spiro atoms. The van der Waals surface area contributed by atoms with Crippen LogP contribution < -0.4 is 11.1 Å². The van der Waals surface area contributed by atoms with Gasteiger partial charge in [0.05, 0.1) is 11.8 Å². The van der Waals surface area contributed by atoms with Gasteiger partial charge in [-0.05, 0) is 19.1 Å². The minimum atomic E-state index is -0.366. The second-order valence-corrected chi connectivity index (χ2v) is 4.80. The Labute approximate surface area is 122 Å². The molecular formula is C15H18FN3O2. The number of amides is 1. The molecule has 2 rings (SSSR count). The Kier molecular flexibility index (Phi) is 5.05. The zero-order chi connectivity index (χ0) is 15.2. The van der Waals surface area contributed by atoms with Crippen LogP contribution in [0.25, 0.3) is 11.3 Å². The molecule has 0 aliphatic carbocycles. The van der Waals surface area contributed by atoms with E-state index in [2.05, 4.69) is 10.3 Å². The second kappa shape index (κ2) is 6.99. The summed E-state index contributed by atoms with van der Waals surface area (Å²) in [5, 5.41) is 2.75. The summed E-state index contributed by atoms with van der Waals surface area (Å²) in [6.45, 7) is 2.22. The van der Waals surface area contributed by atoms with Crippen LogP contribution in [-0.2, 0) is 11.2 Å². The van der Waals surface area contributed by atoms with Crippen molar-refractivity contribution in [3.63, 3.8) is 0 Å². The summed E-state index contributed by atoms with van der Waals surface area (Å²) in [7, 11) is 0. The van der Waals surface area contributed by atoms with E-state index in [4.69, 9.17) is 10.2 Å². The van der Waals surface area contributed by atoms with Crippen molar-refractivity contribution in [1.82, 2.24) is 10.3 Å². The molecule has 6 heteroatoms. The van der Waals surface area contributed by atoms with Crippen LogP contribution in [0.15, 0.2) is 34.9 Å². The quantitative estimate of drug-likeness (QED) is 0.851. The van der Waals surface area contributed by atoms with E-state index < -0.39 is 0 Å². The smallest absolute Gasteiger partial charge is 0.220 e. The zero-order valence-corrected chi connectivity index (χ0v) is 11.8. The number of nitrogens with two attached hydrogens (primary N) is 1. The van der Waals surface area contributed by atoms with E-state index >= 15 is 0 Å². The first-order chi connectivity index (χ1) is 10.1. The van der Waals surface area contributed by atoms with Crippen LogP contribution in [0, 0.1) is 5.82 Å². The standard InChI is InChI=1S/C15H18FN3O2/c1-10(8-17)19-14(20)6-7-15-18-9-13(21-15)11-4-2-3-5-12(11)16/h2-5,9-10H,6-8,17H2,1H3,(H,19,20)/t10-/m0/s1. The first-order valence-electron chi connectivity index (χ1n) is 6.79. The van der Waals surface area contributed by atoms with E-state index in [-0.39, 0.29) is 24.2 Å². The molecule has 1 aromatic heterocycles. The molecule has 0 saturated heterocycles. The number of benzene rings is 1. The van der Waals surface area contributed by atoms with Gasteiger partial charge >= 0.3 is 0 Å². The highest BCUT2D eigenvalue weighted by Gasteiger charge is 2.12. The van der Waals surface area contributed by atoms with E-state index in [0.717, 1.165) is 0 Å². The Morgan fingerprint density at radius 1 is 1.48 bits per heavy atom. The molecule has 0 radical (unpaired) electrons. The van der Waals surface area contributed by atoms with Gasteiger partial charge in [0.2, 0.25) is 5.91 Å². The predicted octanol–water partition coefficient (Wildman–Crippen LogP) is 1.88. The Morgan fingerprint density at radius 2 is 2.24 bits per heavy atom. The van der Waals surface area contributed by atoms with E-state index in [0.29, 0.717) is 30.2 Å². The van der Waals surface area contributed by atoms with Crippen molar-refractivity contribution >= 4 is 5.91 Å². The molecule has 3 N–H and O–H groups in total. The summed E-state index contributed by atoms with van der Waals surface area (Å²) in [6.07, 6.45) is 2.08. The molecule has 112 valence electrons. The van der Waals surface area contributed by atoms with Crippen LogP contribution in [0.2, 0.25) is 0 Å². The average Bonchev–Trinajstić information content (AvgIpc) is 2.94. The van der Waals surface area contributed by atoms with Crippen LogP contribution in [0.3, 0.4) is 0 Å². The lowest BCUT2D eigenvalue weighted by molar-refractivity contribution is -0.121. The number of aromatic nitrogens is 1. The largest absolute Gasteiger partial charge is 0.441 e. The molecule has 0 aliphatic rings. The Morgan fingerprint density at radius 3 is 2.95 bits per heavy atom. The topological polar surface area (TPSA) is 81.1 Å². The van der Waals surface area contributed by atoms with Gasteiger partial charge in [-0.1, -0.05) is 12.1 Å². The third-order valence-corrected chi connectivity index (χ3v) is 3.02. The molecule has 1 amide bonds. The highest BCUT2D eigenvalue weighted by molar-refractivity contribution is 5.76. The molecule has 2 aromatic rings. The molecule has 0 saturated carbocycles. The number of oxazole rings is 1. The minimum absolute atomic E-state index is 0.0592. The molecule has 1 aromatic carbocycles. The summed E-state index contributed by atoms with van der Waals surface area (Å²) in [4.78, 5) is 15.7. The molecular weight excluding hydrogens is 273 g/mol. The van der Waals surface area contributed by atoms with Crippen molar-refractivity contribution in [2.75, 3.05) is 6.54 Å². The molecule has 1 heterocycles. The van der Waals surface area contributed by atoms with Crippen molar-refractivity contribution in [2.24, 2.45) is 5.73 Å². The van der Waals surface area contributed by atoms with Gasteiger partial charge in [0.25, 0.3) is 0 Å². The molecule has 0 bridgehead atoms. The van der Waals surface area contributed by atoms with Gasteiger partial charge in [-0.15, -0.1) is 0 Å². The Hall–Kier alpha value is -2.21. The molecule has 0 aliphatic heterocycles. The fourth-order valence-corrected chi connectivity index (χ4v) is 1.84. The number of halogens is 1. The Balaban J connectivity index is 1.95. The first kappa shape index (κ1) is 15.2. The normalized spacial score (nSPS) is 12.1. The molecule has 0 unspecified atom stereocenters. The third-order valence-electron chi connectivity index (χ3n) is 3.02. The summed E-state index contributed by atoms with van der Waals surface area (Å²) in [5.74, 6) is 0.288. The zero-order valence-electron chi connectivity index (χ0n) is 11.8. The van der Waals surface area contributed by atoms with Crippen molar-refractivity contribution in [3.05, 3.63) is 42.2 Å². The SMILES string of the molecule is C[C@@H](CN)NC(=O)CCc1ncc(-c2ccccc2F)o1. The first-order valence-corrected chi connectivity index (χ1v) is 6.79. The van der Waals surface area contributed by atoms with Crippen LogP contribution in [0.1, 0.15) is 19.2 Å². The lowest BCUT2D eigenvalue weighted by Gasteiger charge is -2.10. The summed E-state index contributed by atoms with van der Waals surface area (Å²) in [5.41, 5.74) is 5.79. The van der Waals surface area contributed by atoms with Crippen molar-refractivity contribution in [2.45, 2.75) is 25.8 Å². The van der Waals surface area contributed by atoms with Gasteiger partial charge in [0.1, 0.15) is 5.82 Å². The van der Waals surface area contributed by atoms with Crippen molar-refractivity contribution < 1.29 is 13.6 Å². The minimum Gasteiger partial charge on any atom is -0.441 e. The van der Waals surface area contributed by atoms with E-state index in [1.165, 1.54) is 12.3 Å². The fourth-order valence-electron chi connectivity index (χ4n) is 1.84. The number of nitrogens with one attached hydrogen (secondary N) is 1. The summed E-state index contributed by atoms with van der Waals surface area (Å²) < 4.78 is 19.1. The van der Waals surface area contributed by atoms with Crippen LogP contribution in [-0.4, -0.2) is 23.5 Å². The maximum atomic E-state index is 13.6. The van der Waals surface area contributed by atoms with Gasteiger partial charge in [0, 0.05) is 25.4 Å². The molecule has 5 nitrogen and oxygen atoms in total. The van der Waals surface area contributed by atoms with Gasteiger partial charge < -0.3 is 15.5 Å². The molecule has 0 fully saturated rings. The van der Waals surface area contributed by atoms with Crippen molar-refractivity contribution in [1.29, 1.82) is 0 Å². The maximum Gasteiger partial charge on any atom is 0.220 e. The number of carbonyl (C=O) groups is 1. The van der Waals surface area contributed by atoms with E-state index in [9.17, 15) is 9.18 Å². The van der Waals surface area contributed by atoms with Crippen LogP contribution in [0.5, 0.6) is 0 Å². The number of nitrogens with zero attached hydrogens (tertiary/aromatic N) is 1. The number of hydrogen-bond acceptors (Lipinski definition) is 4. The van der Waals surface area contributed by atoms with E-state index in [1.54, 1.807) is 18.2 Å². The van der Waals surface area contributed by atoms with E-state index in [1.807, 2.05) is 6.92 Å². The summed E-state index contributed by atoms with van der Waals surface area (Å²) in [6, 6.07) is 6.26. The van der Waals surface area contributed by atoms with Crippen molar-refractivity contribution in [3.8, 4) is 11.3 Å². The maximum absolute atomic E-state index is 13.6. The molecule has 1 atom stereocenters. The molecule has 21 heavy (non-hydrogen) atoms. The van der Waals surface area contributed by atoms with Gasteiger partial charge in [0.15, 0.2) is 11.7 Å². The third kappa shape index (κ3) is 4.13. The van der Waals surface area contributed by atoms with Crippen LogP contribution >= 0.6 is 0 Å². The summed E-state index contributed by atoms with van der Waals surface area (Å²) >= 11 is 0. The fraction of sp³-hybridized carbons (Fsp3) is 0.333. The predicted molar refractivity (Wildman–Crippen MR) is 76.9 cm³/mol. The van der Waals surface area contributed by atoms with Crippen LogP contribution in [0.4, 0.5) is 4.39 Å².